The maximum absolute atomic E-state index is 13.4. The Bertz CT molecular complexity index is 878. The first-order valence-electron chi connectivity index (χ1n) is 10.4. The average molecular weight is 389 g/mol. The zero-order valence-corrected chi connectivity index (χ0v) is 17.3. The van der Waals surface area contributed by atoms with E-state index in [-0.39, 0.29) is 12.0 Å². The summed E-state index contributed by atoms with van der Waals surface area (Å²) in [5.41, 5.74) is 6.47. The van der Waals surface area contributed by atoms with Gasteiger partial charge in [0.1, 0.15) is 5.82 Å². The molecule has 1 unspecified atom stereocenters. The third kappa shape index (κ3) is 4.75. The van der Waals surface area contributed by atoms with Crippen molar-refractivity contribution in [3.63, 3.8) is 0 Å². The molecule has 1 fully saturated rings. The summed E-state index contributed by atoms with van der Waals surface area (Å²) in [6.45, 7) is 8.20. The molecule has 150 valence electrons. The SMILES string of the molecule is Cc1ccc(CN2CCCN(Cc3ccc(F)cc3)C2c2ccccc2C)cc1. The third-order valence-corrected chi connectivity index (χ3v) is 5.85. The number of rotatable bonds is 5. The molecule has 4 rings (SSSR count). The van der Waals surface area contributed by atoms with E-state index in [0.717, 1.165) is 38.2 Å². The molecule has 0 aliphatic carbocycles. The maximum atomic E-state index is 13.4. The first-order valence-corrected chi connectivity index (χ1v) is 10.4. The Morgan fingerprint density at radius 3 is 1.90 bits per heavy atom. The molecule has 0 amide bonds. The summed E-state index contributed by atoms with van der Waals surface area (Å²) >= 11 is 0. The molecule has 0 saturated carbocycles. The summed E-state index contributed by atoms with van der Waals surface area (Å²) in [6.07, 6.45) is 1.35. The summed E-state index contributed by atoms with van der Waals surface area (Å²) in [6, 6.07) is 24.5. The number of hydrogen-bond donors (Lipinski definition) is 0. The van der Waals surface area contributed by atoms with Gasteiger partial charge in [-0.2, -0.15) is 0 Å². The molecule has 1 atom stereocenters. The van der Waals surface area contributed by atoms with Crippen LogP contribution in [0.5, 0.6) is 0 Å². The fourth-order valence-electron chi connectivity index (χ4n) is 4.31. The molecule has 0 bridgehead atoms. The fourth-order valence-corrected chi connectivity index (χ4v) is 4.31. The van der Waals surface area contributed by atoms with Crippen molar-refractivity contribution in [2.75, 3.05) is 13.1 Å². The second-order valence-corrected chi connectivity index (χ2v) is 8.14. The van der Waals surface area contributed by atoms with Crippen LogP contribution in [0.2, 0.25) is 0 Å². The fraction of sp³-hybridized carbons (Fsp3) is 0.308. The van der Waals surface area contributed by atoms with Gasteiger partial charge >= 0.3 is 0 Å². The number of halogens is 1. The van der Waals surface area contributed by atoms with Crippen LogP contribution >= 0.6 is 0 Å². The van der Waals surface area contributed by atoms with E-state index in [1.165, 1.54) is 22.3 Å². The second-order valence-electron chi connectivity index (χ2n) is 8.14. The number of nitrogens with zero attached hydrogens (tertiary/aromatic N) is 2. The van der Waals surface area contributed by atoms with E-state index in [0.29, 0.717) is 0 Å². The minimum atomic E-state index is -0.177. The number of aryl methyl sites for hydroxylation is 2. The quantitative estimate of drug-likeness (QED) is 0.541. The van der Waals surface area contributed by atoms with Crippen molar-refractivity contribution in [3.8, 4) is 0 Å². The highest BCUT2D eigenvalue weighted by atomic mass is 19.1. The van der Waals surface area contributed by atoms with Crippen LogP contribution in [-0.2, 0) is 13.1 Å². The minimum Gasteiger partial charge on any atom is -0.280 e. The van der Waals surface area contributed by atoms with Crippen molar-refractivity contribution >= 4 is 0 Å². The first-order chi connectivity index (χ1) is 14.1. The monoisotopic (exact) mass is 388 g/mol. The van der Waals surface area contributed by atoms with Crippen molar-refractivity contribution in [2.45, 2.75) is 39.5 Å². The van der Waals surface area contributed by atoms with Gasteiger partial charge in [0.2, 0.25) is 0 Å². The van der Waals surface area contributed by atoms with E-state index >= 15 is 0 Å². The Labute approximate surface area is 173 Å². The van der Waals surface area contributed by atoms with E-state index in [2.05, 4.69) is 72.2 Å². The molecule has 1 saturated heterocycles. The van der Waals surface area contributed by atoms with E-state index in [1.54, 1.807) is 12.1 Å². The molecule has 1 aliphatic heterocycles. The van der Waals surface area contributed by atoms with Crippen molar-refractivity contribution in [2.24, 2.45) is 0 Å². The summed E-state index contributed by atoms with van der Waals surface area (Å²) in [7, 11) is 0. The van der Waals surface area contributed by atoms with Crippen LogP contribution in [0.3, 0.4) is 0 Å². The van der Waals surface area contributed by atoms with Gasteiger partial charge in [-0.25, -0.2) is 4.39 Å². The van der Waals surface area contributed by atoms with Crippen LogP contribution < -0.4 is 0 Å². The van der Waals surface area contributed by atoms with Crippen LogP contribution in [0, 0.1) is 19.7 Å². The molecule has 0 aromatic heterocycles. The standard InChI is InChI=1S/C26H29FN2/c1-20-8-10-22(11-9-20)18-28-16-5-17-29(19-23-12-14-24(27)15-13-23)26(28)25-7-4-3-6-21(25)2/h3-4,6-15,26H,5,16-19H2,1-2H3. The van der Waals surface area contributed by atoms with Crippen molar-refractivity contribution in [3.05, 3.63) is 106 Å². The molecule has 29 heavy (non-hydrogen) atoms. The summed E-state index contributed by atoms with van der Waals surface area (Å²) in [5, 5.41) is 0. The Hall–Kier alpha value is -2.49. The van der Waals surface area contributed by atoms with Gasteiger partial charge in [0.15, 0.2) is 0 Å². The lowest BCUT2D eigenvalue weighted by atomic mass is 10.00. The Morgan fingerprint density at radius 2 is 1.31 bits per heavy atom. The largest absolute Gasteiger partial charge is 0.280 e. The van der Waals surface area contributed by atoms with Crippen molar-refractivity contribution in [1.82, 2.24) is 9.80 Å². The summed E-state index contributed by atoms with van der Waals surface area (Å²) in [5.74, 6) is -0.177. The van der Waals surface area contributed by atoms with Gasteiger partial charge in [-0.05, 0) is 54.7 Å². The van der Waals surface area contributed by atoms with Crippen LogP contribution in [0.4, 0.5) is 4.39 Å². The van der Waals surface area contributed by atoms with Crippen LogP contribution in [0.25, 0.3) is 0 Å². The van der Waals surface area contributed by atoms with Gasteiger partial charge < -0.3 is 0 Å². The lowest BCUT2D eigenvalue weighted by molar-refractivity contribution is -0.00946. The molecule has 0 N–H and O–H groups in total. The van der Waals surface area contributed by atoms with Gasteiger partial charge in [-0.15, -0.1) is 0 Å². The normalized spacial score (nSPS) is 18.1. The second kappa shape index (κ2) is 8.89. The highest BCUT2D eigenvalue weighted by Gasteiger charge is 2.31. The molecular formula is C26H29FN2. The zero-order valence-electron chi connectivity index (χ0n) is 17.3. The van der Waals surface area contributed by atoms with Gasteiger partial charge in [-0.1, -0.05) is 66.2 Å². The van der Waals surface area contributed by atoms with Crippen molar-refractivity contribution < 1.29 is 4.39 Å². The lowest BCUT2D eigenvalue weighted by Crippen LogP contribution is -2.47. The predicted molar refractivity (Wildman–Crippen MR) is 117 cm³/mol. The molecule has 1 aliphatic rings. The van der Waals surface area contributed by atoms with Gasteiger partial charge in [0.05, 0.1) is 6.17 Å². The number of benzene rings is 3. The molecular weight excluding hydrogens is 359 g/mol. The smallest absolute Gasteiger partial charge is 0.123 e. The van der Waals surface area contributed by atoms with E-state index < -0.39 is 0 Å². The Balaban J connectivity index is 1.64. The van der Waals surface area contributed by atoms with E-state index in [9.17, 15) is 4.39 Å². The van der Waals surface area contributed by atoms with Gasteiger partial charge in [0, 0.05) is 26.2 Å². The van der Waals surface area contributed by atoms with Crippen molar-refractivity contribution in [1.29, 1.82) is 0 Å². The van der Waals surface area contributed by atoms with Gasteiger partial charge in [0.25, 0.3) is 0 Å². The van der Waals surface area contributed by atoms with Crippen LogP contribution in [0.15, 0.2) is 72.8 Å². The molecule has 0 radical (unpaired) electrons. The number of hydrogen-bond acceptors (Lipinski definition) is 2. The predicted octanol–water partition coefficient (Wildman–Crippen LogP) is 5.85. The molecule has 2 nitrogen and oxygen atoms in total. The highest BCUT2D eigenvalue weighted by Crippen LogP contribution is 2.33. The summed E-state index contributed by atoms with van der Waals surface area (Å²) in [4.78, 5) is 5.12. The van der Waals surface area contributed by atoms with Crippen LogP contribution in [-0.4, -0.2) is 22.9 Å². The molecule has 3 heteroatoms. The van der Waals surface area contributed by atoms with Crippen LogP contribution in [0.1, 0.15) is 40.4 Å². The zero-order chi connectivity index (χ0) is 20.2. The average Bonchev–Trinajstić information content (AvgIpc) is 2.72. The van der Waals surface area contributed by atoms with E-state index in [1.807, 2.05) is 12.1 Å². The lowest BCUT2D eigenvalue weighted by Gasteiger charge is -2.45. The molecule has 3 aromatic rings. The van der Waals surface area contributed by atoms with E-state index in [4.69, 9.17) is 0 Å². The third-order valence-electron chi connectivity index (χ3n) is 5.85. The first kappa shape index (κ1) is 19.8. The molecule has 1 heterocycles. The Morgan fingerprint density at radius 1 is 0.759 bits per heavy atom. The summed E-state index contributed by atoms with van der Waals surface area (Å²) < 4.78 is 13.4. The highest BCUT2D eigenvalue weighted by molar-refractivity contribution is 5.30. The van der Waals surface area contributed by atoms with Gasteiger partial charge in [-0.3, -0.25) is 9.80 Å². The topological polar surface area (TPSA) is 6.48 Å². The Kier molecular flexibility index (Phi) is 6.08. The minimum absolute atomic E-state index is 0.177. The maximum Gasteiger partial charge on any atom is 0.123 e. The molecule has 0 spiro atoms. The molecule has 3 aromatic carbocycles.